The van der Waals surface area contributed by atoms with Crippen molar-refractivity contribution in [3.8, 4) is 11.8 Å². The molecule has 0 unspecified atom stereocenters. The standard InChI is InChI=1S/C12H11N5O2/c18-6-2-4-9-3-1-5-10(7-9)12(19)13-8-11-14-16-17-15-11/h1,3,5,7,18H,6,8H2,(H,13,19)(H,14,15,16,17). The first-order valence-corrected chi connectivity index (χ1v) is 5.50. The summed E-state index contributed by atoms with van der Waals surface area (Å²) in [6, 6.07) is 6.81. The van der Waals surface area contributed by atoms with Crippen molar-refractivity contribution in [1.82, 2.24) is 25.9 Å². The Morgan fingerprint density at radius 1 is 1.47 bits per heavy atom. The van der Waals surface area contributed by atoms with Gasteiger partial charge in [0.15, 0.2) is 5.82 Å². The first-order valence-electron chi connectivity index (χ1n) is 5.50. The zero-order chi connectivity index (χ0) is 13.5. The number of amides is 1. The van der Waals surface area contributed by atoms with Gasteiger partial charge in [0, 0.05) is 11.1 Å². The molecule has 0 saturated heterocycles. The van der Waals surface area contributed by atoms with E-state index in [1.54, 1.807) is 24.3 Å². The average Bonchev–Trinajstić information content (AvgIpc) is 2.96. The van der Waals surface area contributed by atoms with Gasteiger partial charge in [0.1, 0.15) is 6.61 Å². The summed E-state index contributed by atoms with van der Waals surface area (Å²) < 4.78 is 0. The number of carbonyl (C=O) groups is 1. The highest BCUT2D eigenvalue weighted by molar-refractivity contribution is 5.94. The first kappa shape index (κ1) is 12.7. The van der Waals surface area contributed by atoms with Gasteiger partial charge in [0.25, 0.3) is 5.91 Å². The molecule has 2 aromatic rings. The minimum Gasteiger partial charge on any atom is -0.384 e. The molecule has 0 fully saturated rings. The summed E-state index contributed by atoms with van der Waals surface area (Å²) in [5, 5.41) is 24.4. The van der Waals surface area contributed by atoms with Gasteiger partial charge in [-0.1, -0.05) is 23.1 Å². The lowest BCUT2D eigenvalue weighted by atomic mass is 10.1. The van der Waals surface area contributed by atoms with E-state index in [1.807, 2.05) is 0 Å². The van der Waals surface area contributed by atoms with Crippen LogP contribution in [-0.2, 0) is 6.54 Å². The van der Waals surface area contributed by atoms with Crippen LogP contribution in [-0.4, -0.2) is 38.2 Å². The molecule has 0 aliphatic carbocycles. The monoisotopic (exact) mass is 257 g/mol. The van der Waals surface area contributed by atoms with Crippen LogP contribution in [0.3, 0.4) is 0 Å². The van der Waals surface area contributed by atoms with Crippen molar-refractivity contribution in [3.05, 3.63) is 41.2 Å². The maximum absolute atomic E-state index is 11.9. The maximum Gasteiger partial charge on any atom is 0.251 e. The molecule has 1 aromatic carbocycles. The Labute approximate surface area is 109 Å². The zero-order valence-corrected chi connectivity index (χ0v) is 9.92. The third kappa shape index (κ3) is 3.62. The van der Waals surface area contributed by atoms with Crippen LogP contribution < -0.4 is 5.32 Å². The fourth-order valence-corrected chi connectivity index (χ4v) is 1.40. The number of nitrogens with zero attached hydrogens (tertiary/aromatic N) is 3. The molecule has 19 heavy (non-hydrogen) atoms. The summed E-state index contributed by atoms with van der Waals surface area (Å²) in [4.78, 5) is 11.9. The quantitative estimate of drug-likeness (QED) is 0.641. The molecular weight excluding hydrogens is 246 g/mol. The number of H-pyrrole nitrogens is 1. The summed E-state index contributed by atoms with van der Waals surface area (Å²) >= 11 is 0. The summed E-state index contributed by atoms with van der Waals surface area (Å²) in [5.41, 5.74) is 1.15. The molecule has 7 heteroatoms. The number of aliphatic hydroxyl groups excluding tert-OH is 1. The smallest absolute Gasteiger partial charge is 0.251 e. The topological polar surface area (TPSA) is 104 Å². The summed E-state index contributed by atoms with van der Waals surface area (Å²) in [6.45, 7) is -0.0177. The van der Waals surface area contributed by atoms with Crippen molar-refractivity contribution in [2.45, 2.75) is 6.54 Å². The normalized spacial score (nSPS) is 9.53. The number of aromatic amines is 1. The Kier molecular flexibility index (Phi) is 4.21. The Balaban J connectivity index is 2.02. The number of hydrogen-bond donors (Lipinski definition) is 3. The van der Waals surface area contributed by atoms with Crippen LogP contribution in [0.2, 0.25) is 0 Å². The molecule has 96 valence electrons. The first-order chi connectivity index (χ1) is 9.29. The van der Waals surface area contributed by atoms with Gasteiger partial charge < -0.3 is 10.4 Å². The van der Waals surface area contributed by atoms with Crippen molar-refractivity contribution < 1.29 is 9.90 Å². The highest BCUT2D eigenvalue weighted by Gasteiger charge is 2.06. The molecule has 0 radical (unpaired) electrons. The lowest BCUT2D eigenvalue weighted by Crippen LogP contribution is -2.23. The Morgan fingerprint density at radius 2 is 2.37 bits per heavy atom. The Bertz CT molecular complexity index is 613. The predicted molar refractivity (Wildman–Crippen MR) is 65.8 cm³/mol. The van der Waals surface area contributed by atoms with E-state index in [2.05, 4.69) is 37.8 Å². The number of aromatic nitrogens is 4. The lowest BCUT2D eigenvalue weighted by molar-refractivity contribution is 0.0950. The minimum atomic E-state index is -0.252. The van der Waals surface area contributed by atoms with Crippen LogP contribution in [0.4, 0.5) is 0 Å². The van der Waals surface area contributed by atoms with Gasteiger partial charge in [-0.05, 0) is 18.2 Å². The van der Waals surface area contributed by atoms with Gasteiger partial charge in [-0.15, -0.1) is 10.2 Å². The Hall–Kier alpha value is -2.72. The minimum absolute atomic E-state index is 0.196. The molecule has 0 spiro atoms. The molecule has 2 rings (SSSR count). The second-order valence-corrected chi connectivity index (χ2v) is 3.55. The molecule has 7 nitrogen and oxygen atoms in total. The van der Waals surface area contributed by atoms with E-state index >= 15 is 0 Å². The summed E-state index contributed by atoms with van der Waals surface area (Å²) in [5.74, 6) is 5.42. The van der Waals surface area contributed by atoms with E-state index in [4.69, 9.17) is 5.11 Å². The molecule has 0 atom stereocenters. The summed E-state index contributed by atoms with van der Waals surface area (Å²) in [7, 11) is 0. The van der Waals surface area contributed by atoms with Crippen LogP contribution in [0, 0.1) is 11.8 Å². The summed E-state index contributed by atoms with van der Waals surface area (Å²) in [6.07, 6.45) is 0. The van der Waals surface area contributed by atoms with Crippen molar-refractivity contribution in [2.75, 3.05) is 6.61 Å². The third-order valence-electron chi connectivity index (χ3n) is 2.23. The number of hydrogen-bond acceptors (Lipinski definition) is 5. The predicted octanol–water partition coefficient (Wildman–Crippen LogP) is -0.527. The van der Waals surface area contributed by atoms with Crippen molar-refractivity contribution >= 4 is 5.91 Å². The van der Waals surface area contributed by atoms with Gasteiger partial charge in [-0.2, -0.15) is 5.21 Å². The van der Waals surface area contributed by atoms with Gasteiger partial charge in [-0.25, -0.2) is 0 Å². The maximum atomic E-state index is 11.9. The Morgan fingerprint density at radius 3 is 3.11 bits per heavy atom. The molecule has 0 bridgehead atoms. The molecule has 0 aliphatic rings. The number of aliphatic hydroxyl groups is 1. The van der Waals surface area contributed by atoms with Gasteiger partial charge in [0.2, 0.25) is 0 Å². The van der Waals surface area contributed by atoms with Gasteiger partial charge in [-0.3, -0.25) is 4.79 Å². The molecular formula is C12H11N5O2. The fourth-order valence-electron chi connectivity index (χ4n) is 1.40. The van der Waals surface area contributed by atoms with Gasteiger partial charge in [0.05, 0.1) is 6.54 Å². The van der Waals surface area contributed by atoms with E-state index in [-0.39, 0.29) is 19.1 Å². The highest BCUT2D eigenvalue weighted by atomic mass is 16.2. The van der Waals surface area contributed by atoms with Crippen LogP contribution in [0.15, 0.2) is 24.3 Å². The number of rotatable bonds is 3. The van der Waals surface area contributed by atoms with E-state index in [1.165, 1.54) is 0 Å². The van der Waals surface area contributed by atoms with E-state index < -0.39 is 0 Å². The van der Waals surface area contributed by atoms with Crippen LogP contribution in [0.1, 0.15) is 21.7 Å². The largest absolute Gasteiger partial charge is 0.384 e. The second kappa shape index (κ2) is 6.28. The number of tetrazole rings is 1. The van der Waals surface area contributed by atoms with Crippen LogP contribution in [0.25, 0.3) is 0 Å². The molecule has 1 heterocycles. The second-order valence-electron chi connectivity index (χ2n) is 3.55. The van der Waals surface area contributed by atoms with E-state index in [9.17, 15) is 4.79 Å². The molecule has 1 amide bonds. The molecule has 3 N–H and O–H groups in total. The van der Waals surface area contributed by atoms with Crippen molar-refractivity contribution in [3.63, 3.8) is 0 Å². The van der Waals surface area contributed by atoms with Crippen LogP contribution in [0.5, 0.6) is 0 Å². The SMILES string of the molecule is O=C(NCc1nn[nH]n1)c1cccc(C#CCO)c1. The third-order valence-corrected chi connectivity index (χ3v) is 2.23. The molecule has 1 aromatic heterocycles. The van der Waals surface area contributed by atoms with E-state index in [0.29, 0.717) is 17.0 Å². The number of nitrogens with one attached hydrogen (secondary N) is 2. The van der Waals surface area contributed by atoms with Crippen molar-refractivity contribution in [1.29, 1.82) is 0 Å². The number of carbonyl (C=O) groups excluding carboxylic acids is 1. The van der Waals surface area contributed by atoms with Crippen LogP contribution >= 0.6 is 0 Å². The lowest BCUT2D eigenvalue weighted by Gasteiger charge is -2.02. The molecule has 0 aliphatic heterocycles. The average molecular weight is 257 g/mol. The van der Waals surface area contributed by atoms with Gasteiger partial charge >= 0.3 is 0 Å². The molecule has 0 saturated carbocycles. The number of benzene rings is 1. The highest BCUT2D eigenvalue weighted by Crippen LogP contribution is 2.04. The van der Waals surface area contributed by atoms with E-state index in [0.717, 1.165) is 0 Å². The fraction of sp³-hybridized carbons (Fsp3) is 0.167. The van der Waals surface area contributed by atoms with Crippen molar-refractivity contribution in [2.24, 2.45) is 0 Å². The zero-order valence-electron chi connectivity index (χ0n) is 9.92.